The van der Waals surface area contributed by atoms with Gasteiger partial charge in [-0.2, -0.15) is 0 Å². The fourth-order valence-corrected chi connectivity index (χ4v) is 4.01. The number of amides is 1. The minimum absolute atomic E-state index is 0.402. The van der Waals surface area contributed by atoms with Crippen LogP contribution in [0.4, 0.5) is 0 Å². The summed E-state index contributed by atoms with van der Waals surface area (Å²) in [4.78, 5) is 14.7. The van der Waals surface area contributed by atoms with E-state index in [2.05, 4.69) is 37.8 Å². The first kappa shape index (κ1) is 23.2. The Labute approximate surface area is 163 Å². The van der Waals surface area contributed by atoms with Gasteiger partial charge in [0.25, 0.3) is 0 Å². The summed E-state index contributed by atoms with van der Waals surface area (Å²) < 4.78 is 0. The molecule has 2 heteroatoms. The number of carbonyl (C=O) groups is 1. The molecule has 2 atom stereocenters. The summed E-state index contributed by atoms with van der Waals surface area (Å²) in [5.41, 5.74) is 0. The van der Waals surface area contributed by atoms with E-state index >= 15 is 0 Å². The smallest absolute Gasteiger partial charge is 0.222 e. The molecule has 1 fully saturated rings. The van der Waals surface area contributed by atoms with Gasteiger partial charge in [-0.15, -0.1) is 0 Å². The van der Waals surface area contributed by atoms with E-state index in [0.29, 0.717) is 17.9 Å². The first-order chi connectivity index (χ1) is 12.6. The number of hydrogen-bond donors (Lipinski definition) is 0. The van der Waals surface area contributed by atoms with Crippen LogP contribution in [0.3, 0.4) is 0 Å². The highest BCUT2D eigenvalue weighted by Crippen LogP contribution is 2.22. The number of hydrogen-bond acceptors (Lipinski definition) is 1. The standard InChI is InChI=1S/C24H45NO/c1-4-5-6-7-8-9-10-11-12-13-14-15-16-20-24(26)25-21-22(2)18-17-19-23(25)3/h8-9,22-23H,4-7,10-21H2,1-3H3. The molecule has 1 rings (SSSR count). The number of allylic oxidation sites excluding steroid dienone is 2. The first-order valence-electron chi connectivity index (χ1n) is 11.6. The van der Waals surface area contributed by atoms with Gasteiger partial charge in [0.15, 0.2) is 0 Å². The van der Waals surface area contributed by atoms with Crippen molar-refractivity contribution in [2.45, 2.75) is 123 Å². The molecule has 1 heterocycles. The van der Waals surface area contributed by atoms with Crippen LogP contribution < -0.4 is 0 Å². The largest absolute Gasteiger partial charge is 0.340 e. The summed E-state index contributed by atoms with van der Waals surface area (Å²) in [6, 6.07) is 0.447. The molecule has 0 bridgehead atoms. The van der Waals surface area contributed by atoms with Crippen molar-refractivity contribution in [1.29, 1.82) is 0 Å². The Kier molecular flexibility index (Phi) is 13.7. The van der Waals surface area contributed by atoms with E-state index in [1.165, 1.54) is 83.5 Å². The molecule has 1 amide bonds. The summed E-state index contributed by atoms with van der Waals surface area (Å²) in [5.74, 6) is 1.07. The Morgan fingerprint density at radius 2 is 1.50 bits per heavy atom. The number of nitrogens with zero attached hydrogens (tertiary/aromatic N) is 1. The van der Waals surface area contributed by atoms with Crippen molar-refractivity contribution in [3.8, 4) is 0 Å². The molecule has 2 nitrogen and oxygen atoms in total. The molecule has 152 valence electrons. The van der Waals surface area contributed by atoms with Crippen LogP contribution in [0.1, 0.15) is 117 Å². The molecule has 0 aliphatic carbocycles. The van der Waals surface area contributed by atoms with Crippen molar-refractivity contribution in [2.24, 2.45) is 5.92 Å². The van der Waals surface area contributed by atoms with Gasteiger partial charge in [-0.1, -0.05) is 70.9 Å². The molecule has 0 radical (unpaired) electrons. The molecule has 1 saturated heterocycles. The van der Waals surface area contributed by atoms with Crippen LogP contribution in [-0.4, -0.2) is 23.4 Å². The van der Waals surface area contributed by atoms with E-state index in [1.54, 1.807) is 0 Å². The van der Waals surface area contributed by atoms with Crippen LogP contribution in [0, 0.1) is 5.92 Å². The lowest BCUT2D eigenvalue weighted by Crippen LogP contribution is -2.39. The molecular formula is C24H45NO. The molecule has 26 heavy (non-hydrogen) atoms. The van der Waals surface area contributed by atoms with Crippen LogP contribution in [-0.2, 0) is 4.79 Å². The summed E-state index contributed by atoms with van der Waals surface area (Å²) >= 11 is 0. The maximum atomic E-state index is 12.5. The van der Waals surface area contributed by atoms with Gasteiger partial charge in [0.1, 0.15) is 0 Å². The zero-order chi connectivity index (χ0) is 19.0. The third-order valence-corrected chi connectivity index (χ3v) is 5.83. The lowest BCUT2D eigenvalue weighted by molar-refractivity contribution is -0.133. The van der Waals surface area contributed by atoms with E-state index in [-0.39, 0.29) is 0 Å². The molecule has 0 spiro atoms. The summed E-state index contributed by atoms with van der Waals surface area (Å²) in [6.07, 6.45) is 23.4. The van der Waals surface area contributed by atoms with Crippen LogP contribution >= 0.6 is 0 Å². The van der Waals surface area contributed by atoms with Gasteiger partial charge in [0.05, 0.1) is 0 Å². The third kappa shape index (κ3) is 11.0. The van der Waals surface area contributed by atoms with Gasteiger partial charge in [-0.3, -0.25) is 4.79 Å². The van der Waals surface area contributed by atoms with Gasteiger partial charge in [0.2, 0.25) is 5.91 Å². The van der Waals surface area contributed by atoms with Crippen molar-refractivity contribution in [1.82, 2.24) is 4.90 Å². The van der Waals surface area contributed by atoms with E-state index in [1.807, 2.05) is 0 Å². The zero-order valence-electron chi connectivity index (χ0n) is 18.0. The Morgan fingerprint density at radius 3 is 2.19 bits per heavy atom. The van der Waals surface area contributed by atoms with Crippen molar-refractivity contribution in [3.05, 3.63) is 12.2 Å². The highest BCUT2D eigenvalue weighted by molar-refractivity contribution is 5.76. The monoisotopic (exact) mass is 363 g/mol. The first-order valence-corrected chi connectivity index (χ1v) is 11.6. The van der Waals surface area contributed by atoms with Crippen molar-refractivity contribution < 1.29 is 4.79 Å². The van der Waals surface area contributed by atoms with Gasteiger partial charge >= 0.3 is 0 Å². The molecular weight excluding hydrogens is 318 g/mol. The summed E-state index contributed by atoms with van der Waals surface area (Å²) in [5, 5.41) is 0. The molecule has 0 N–H and O–H groups in total. The highest BCUT2D eigenvalue weighted by Gasteiger charge is 2.24. The SMILES string of the molecule is CCCCCC=CCCCCCCCCC(=O)N1CC(C)CCCC1C. The molecule has 2 unspecified atom stereocenters. The van der Waals surface area contributed by atoms with Gasteiger partial charge < -0.3 is 4.90 Å². The van der Waals surface area contributed by atoms with Gasteiger partial charge in [-0.05, 0) is 57.8 Å². The van der Waals surface area contributed by atoms with E-state index in [0.717, 1.165) is 19.4 Å². The van der Waals surface area contributed by atoms with Gasteiger partial charge in [-0.25, -0.2) is 0 Å². The zero-order valence-corrected chi connectivity index (χ0v) is 18.0. The van der Waals surface area contributed by atoms with Crippen molar-refractivity contribution >= 4 is 5.91 Å². The second kappa shape index (κ2) is 15.3. The van der Waals surface area contributed by atoms with Crippen molar-refractivity contribution in [2.75, 3.05) is 6.54 Å². The maximum absolute atomic E-state index is 12.5. The fraction of sp³-hybridized carbons (Fsp3) is 0.875. The third-order valence-electron chi connectivity index (χ3n) is 5.83. The number of unbranched alkanes of at least 4 members (excludes halogenated alkanes) is 9. The molecule has 0 saturated carbocycles. The van der Waals surface area contributed by atoms with Crippen LogP contribution in [0.25, 0.3) is 0 Å². The molecule has 1 aliphatic rings. The fourth-order valence-electron chi connectivity index (χ4n) is 4.01. The lowest BCUT2D eigenvalue weighted by Gasteiger charge is -2.28. The molecule has 1 aliphatic heterocycles. The Hall–Kier alpha value is -0.790. The van der Waals surface area contributed by atoms with Crippen LogP contribution in [0.5, 0.6) is 0 Å². The molecule has 0 aromatic carbocycles. The predicted octanol–water partition coefficient (Wildman–Crippen LogP) is 7.28. The molecule has 0 aromatic rings. The van der Waals surface area contributed by atoms with Crippen LogP contribution in [0.15, 0.2) is 12.2 Å². The number of likely N-dealkylation sites (tertiary alicyclic amines) is 1. The lowest BCUT2D eigenvalue weighted by atomic mass is 10.1. The van der Waals surface area contributed by atoms with E-state index < -0.39 is 0 Å². The summed E-state index contributed by atoms with van der Waals surface area (Å²) in [6.45, 7) is 7.76. The normalized spacial score (nSPS) is 21.3. The highest BCUT2D eigenvalue weighted by atomic mass is 16.2. The average Bonchev–Trinajstić information content (AvgIpc) is 2.79. The predicted molar refractivity (Wildman–Crippen MR) is 114 cm³/mol. The van der Waals surface area contributed by atoms with E-state index in [4.69, 9.17) is 0 Å². The Balaban J connectivity index is 1.97. The average molecular weight is 364 g/mol. The quantitative estimate of drug-likeness (QED) is 0.249. The van der Waals surface area contributed by atoms with E-state index in [9.17, 15) is 4.79 Å². The summed E-state index contributed by atoms with van der Waals surface area (Å²) in [7, 11) is 0. The minimum Gasteiger partial charge on any atom is -0.340 e. The van der Waals surface area contributed by atoms with Crippen molar-refractivity contribution in [3.63, 3.8) is 0 Å². The maximum Gasteiger partial charge on any atom is 0.222 e. The Morgan fingerprint density at radius 1 is 0.885 bits per heavy atom. The second-order valence-corrected chi connectivity index (χ2v) is 8.56. The topological polar surface area (TPSA) is 20.3 Å². The number of rotatable bonds is 13. The molecule has 0 aromatic heterocycles. The Bertz CT molecular complexity index is 376. The minimum atomic E-state index is 0.402. The number of carbonyl (C=O) groups excluding carboxylic acids is 1. The van der Waals surface area contributed by atoms with Crippen LogP contribution in [0.2, 0.25) is 0 Å². The van der Waals surface area contributed by atoms with Gasteiger partial charge in [0, 0.05) is 19.0 Å². The second-order valence-electron chi connectivity index (χ2n) is 8.56.